The van der Waals surface area contributed by atoms with Crippen LogP contribution in [0.1, 0.15) is 24.1 Å². The number of nitrogens with one attached hydrogen (secondary N) is 1. The van der Waals surface area contributed by atoms with E-state index in [1.165, 1.54) is 0 Å². The van der Waals surface area contributed by atoms with Crippen LogP contribution in [0.15, 0.2) is 41.1 Å². The highest BCUT2D eigenvalue weighted by molar-refractivity contribution is 9.10. The Labute approximate surface area is 133 Å². The molecular weight excluding hydrogens is 332 g/mol. The van der Waals surface area contributed by atoms with Crippen LogP contribution >= 0.6 is 15.9 Å². The lowest BCUT2D eigenvalue weighted by Gasteiger charge is -2.15. The molecule has 1 unspecified atom stereocenters. The van der Waals surface area contributed by atoms with Gasteiger partial charge in [0.05, 0.1) is 7.11 Å². The second kappa shape index (κ2) is 7.43. The molecule has 4 nitrogen and oxygen atoms in total. The molecular formula is C16H19BrN2O2. The predicted octanol–water partition coefficient (Wildman–Crippen LogP) is 3.71. The van der Waals surface area contributed by atoms with Crippen LogP contribution in [0.2, 0.25) is 0 Å². The summed E-state index contributed by atoms with van der Waals surface area (Å²) < 4.78 is 12.2. The van der Waals surface area contributed by atoms with E-state index in [0.717, 1.165) is 27.1 Å². The van der Waals surface area contributed by atoms with Crippen molar-refractivity contribution in [3.63, 3.8) is 0 Å². The molecule has 0 saturated carbocycles. The number of hydrogen-bond acceptors (Lipinski definition) is 4. The van der Waals surface area contributed by atoms with Gasteiger partial charge < -0.3 is 14.8 Å². The number of hydrogen-bond donors (Lipinski definition) is 1. The second-order valence-electron chi connectivity index (χ2n) is 4.72. The zero-order chi connectivity index (χ0) is 15.2. The largest absolute Gasteiger partial charge is 0.493 e. The van der Waals surface area contributed by atoms with Gasteiger partial charge in [0, 0.05) is 28.5 Å². The number of nitrogens with zero attached hydrogens (tertiary/aromatic N) is 1. The van der Waals surface area contributed by atoms with Crippen LogP contribution < -0.4 is 14.8 Å². The van der Waals surface area contributed by atoms with E-state index in [2.05, 4.69) is 33.2 Å². The Balaban J connectivity index is 2.12. The maximum atomic E-state index is 5.83. The van der Waals surface area contributed by atoms with Crippen molar-refractivity contribution >= 4 is 15.9 Å². The second-order valence-corrected chi connectivity index (χ2v) is 5.64. The van der Waals surface area contributed by atoms with E-state index < -0.39 is 0 Å². The molecule has 21 heavy (non-hydrogen) atoms. The molecule has 1 heterocycles. The van der Waals surface area contributed by atoms with Crippen LogP contribution in [0.4, 0.5) is 0 Å². The van der Waals surface area contributed by atoms with Crippen molar-refractivity contribution in [3.05, 3.63) is 52.3 Å². The molecule has 2 aromatic rings. The van der Waals surface area contributed by atoms with Crippen molar-refractivity contribution in [1.82, 2.24) is 10.3 Å². The van der Waals surface area contributed by atoms with Crippen LogP contribution in [0.25, 0.3) is 0 Å². The fourth-order valence-corrected chi connectivity index (χ4v) is 2.35. The van der Waals surface area contributed by atoms with Crippen molar-refractivity contribution in [2.45, 2.75) is 19.6 Å². The molecule has 0 aliphatic heterocycles. The van der Waals surface area contributed by atoms with E-state index in [1.807, 2.05) is 31.3 Å². The van der Waals surface area contributed by atoms with Gasteiger partial charge in [0.15, 0.2) is 11.5 Å². The lowest BCUT2D eigenvalue weighted by molar-refractivity contribution is 0.283. The van der Waals surface area contributed by atoms with E-state index in [1.54, 1.807) is 19.5 Å². The maximum absolute atomic E-state index is 5.83. The third-order valence-electron chi connectivity index (χ3n) is 3.28. The summed E-state index contributed by atoms with van der Waals surface area (Å²) in [6, 6.07) is 8.22. The van der Waals surface area contributed by atoms with E-state index in [9.17, 15) is 0 Å². The first-order valence-electron chi connectivity index (χ1n) is 6.71. The van der Waals surface area contributed by atoms with Gasteiger partial charge in [-0.2, -0.15) is 0 Å². The summed E-state index contributed by atoms with van der Waals surface area (Å²) in [6.45, 7) is 2.55. The van der Waals surface area contributed by atoms with Gasteiger partial charge in [0.1, 0.15) is 6.61 Å². The molecule has 0 fully saturated rings. The monoisotopic (exact) mass is 350 g/mol. The molecule has 0 aliphatic rings. The Morgan fingerprint density at radius 2 is 2.05 bits per heavy atom. The van der Waals surface area contributed by atoms with Gasteiger partial charge in [-0.1, -0.05) is 6.07 Å². The molecule has 0 bridgehead atoms. The summed E-state index contributed by atoms with van der Waals surface area (Å²) in [4.78, 5) is 4.12. The SMILES string of the molecule is CNC(C)c1ccc(OCc2cncc(Br)c2)c(OC)c1. The molecule has 1 atom stereocenters. The number of methoxy groups -OCH3 is 1. The molecule has 5 heteroatoms. The van der Waals surface area contributed by atoms with Gasteiger partial charge in [0.2, 0.25) is 0 Å². The van der Waals surface area contributed by atoms with Gasteiger partial charge in [-0.15, -0.1) is 0 Å². The fourth-order valence-electron chi connectivity index (χ4n) is 1.94. The summed E-state index contributed by atoms with van der Waals surface area (Å²) in [5.41, 5.74) is 2.16. The van der Waals surface area contributed by atoms with Crippen LogP contribution in [0.5, 0.6) is 11.5 Å². The zero-order valence-corrected chi connectivity index (χ0v) is 14.0. The number of rotatable bonds is 6. The minimum absolute atomic E-state index is 0.266. The summed E-state index contributed by atoms with van der Waals surface area (Å²) in [6.07, 6.45) is 3.53. The first-order valence-corrected chi connectivity index (χ1v) is 7.50. The highest BCUT2D eigenvalue weighted by Crippen LogP contribution is 2.30. The quantitative estimate of drug-likeness (QED) is 0.862. The highest BCUT2D eigenvalue weighted by atomic mass is 79.9. The minimum atomic E-state index is 0.266. The van der Waals surface area contributed by atoms with Gasteiger partial charge in [0.25, 0.3) is 0 Å². The fraction of sp³-hybridized carbons (Fsp3) is 0.312. The number of benzene rings is 1. The number of aromatic nitrogens is 1. The van der Waals surface area contributed by atoms with Crippen LogP contribution in [-0.2, 0) is 6.61 Å². The van der Waals surface area contributed by atoms with Crippen molar-refractivity contribution < 1.29 is 9.47 Å². The first kappa shape index (κ1) is 15.8. The molecule has 0 radical (unpaired) electrons. The number of halogens is 1. The number of ether oxygens (including phenoxy) is 2. The van der Waals surface area contributed by atoms with Crippen molar-refractivity contribution in [2.75, 3.05) is 14.2 Å². The van der Waals surface area contributed by atoms with E-state index in [-0.39, 0.29) is 6.04 Å². The normalized spacial score (nSPS) is 12.0. The van der Waals surface area contributed by atoms with Crippen LogP contribution in [-0.4, -0.2) is 19.1 Å². The maximum Gasteiger partial charge on any atom is 0.161 e. The Kier molecular flexibility index (Phi) is 5.59. The Hall–Kier alpha value is -1.59. The van der Waals surface area contributed by atoms with E-state index in [0.29, 0.717) is 6.61 Å². The third-order valence-corrected chi connectivity index (χ3v) is 3.71. The molecule has 0 spiro atoms. The summed E-state index contributed by atoms with van der Waals surface area (Å²) in [7, 11) is 3.58. The van der Waals surface area contributed by atoms with E-state index >= 15 is 0 Å². The summed E-state index contributed by atoms with van der Waals surface area (Å²) >= 11 is 3.40. The lowest BCUT2D eigenvalue weighted by Crippen LogP contribution is -2.12. The Bertz CT molecular complexity index is 605. The molecule has 0 amide bonds. The summed E-state index contributed by atoms with van der Waals surface area (Å²) in [5.74, 6) is 1.46. The van der Waals surface area contributed by atoms with Gasteiger partial charge in [-0.3, -0.25) is 4.98 Å². The topological polar surface area (TPSA) is 43.4 Å². The smallest absolute Gasteiger partial charge is 0.161 e. The first-order chi connectivity index (χ1) is 10.1. The van der Waals surface area contributed by atoms with Crippen molar-refractivity contribution in [1.29, 1.82) is 0 Å². The van der Waals surface area contributed by atoms with E-state index in [4.69, 9.17) is 9.47 Å². The standard InChI is InChI=1S/C16H19BrN2O2/c1-11(18-2)13-4-5-15(16(7-13)20-3)21-10-12-6-14(17)9-19-8-12/h4-9,11,18H,10H2,1-3H3. The zero-order valence-electron chi connectivity index (χ0n) is 12.4. The van der Waals surface area contributed by atoms with Gasteiger partial charge in [-0.25, -0.2) is 0 Å². The molecule has 1 aromatic heterocycles. The molecule has 1 N–H and O–H groups in total. The summed E-state index contributed by atoms with van der Waals surface area (Å²) in [5, 5.41) is 3.21. The van der Waals surface area contributed by atoms with Crippen LogP contribution in [0.3, 0.4) is 0 Å². The molecule has 112 valence electrons. The average molecular weight is 351 g/mol. The predicted molar refractivity (Wildman–Crippen MR) is 86.7 cm³/mol. The van der Waals surface area contributed by atoms with Gasteiger partial charge in [-0.05, 0) is 53.7 Å². The minimum Gasteiger partial charge on any atom is -0.493 e. The Morgan fingerprint density at radius 1 is 1.24 bits per heavy atom. The number of pyridine rings is 1. The third kappa shape index (κ3) is 4.19. The Morgan fingerprint density at radius 3 is 2.71 bits per heavy atom. The van der Waals surface area contributed by atoms with Gasteiger partial charge >= 0.3 is 0 Å². The molecule has 0 saturated heterocycles. The van der Waals surface area contributed by atoms with Crippen molar-refractivity contribution in [3.8, 4) is 11.5 Å². The van der Waals surface area contributed by atoms with Crippen LogP contribution in [0, 0.1) is 0 Å². The lowest BCUT2D eigenvalue weighted by atomic mass is 10.1. The highest BCUT2D eigenvalue weighted by Gasteiger charge is 2.09. The molecule has 0 aliphatic carbocycles. The molecule has 1 aromatic carbocycles. The molecule has 2 rings (SSSR count). The average Bonchev–Trinajstić information content (AvgIpc) is 2.52. The van der Waals surface area contributed by atoms with Crippen molar-refractivity contribution in [2.24, 2.45) is 0 Å².